The van der Waals surface area contributed by atoms with E-state index in [2.05, 4.69) is 4.74 Å². The molecule has 0 aromatic rings. The Morgan fingerprint density at radius 2 is 2.38 bits per heavy atom. The lowest BCUT2D eigenvalue weighted by Gasteiger charge is -2.03. The molecule has 2 N–H and O–H groups in total. The van der Waals surface area contributed by atoms with Crippen molar-refractivity contribution in [1.82, 2.24) is 0 Å². The quantitative estimate of drug-likeness (QED) is 0.505. The number of aliphatic hydroxyl groups is 1. The molecule has 4 heteroatoms. The van der Waals surface area contributed by atoms with E-state index in [-0.39, 0.29) is 0 Å². The van der Waals surface area contributed by atoms with Gasteiger partial charge in [-0.05, 0) is 0 Å². The molecule has 1 unspecified atom stereocenters. The van der Waals surface area contributed by atoms with Gasteiger partial charge >= 0.3 is 5.97 Å². The highest BCUT2D eigenvalue weighted by molar-refractivity contribution is 5.72. The van der Waals surface area contributed by atoms with Gasteiger partial charge in [-0.15, -0.1) is 0 Å². The molecule has 0 aromatic heterocycles. The second kappa shape index (κ2) is 3.40. The highest BCUT2D eigenvalue weighted by Crippen LogP contribution is 1.85. The fraction of sp³-hybridized carbons (Fsp3) is 0.750. The van der Waals surface area contributed by atoms with E-state index >= 15 is 0 Å². The summed E-state index contributed by atoms with van der Waals surface area (Å²) in [5, 5.41) is 16.3. The Kier molecular flexibility index (Phi) is 3.14. The zero-order chi connectivity index (χ0) is 6.57. The summed E-state index contributed by atoms with van der Waals surface area (Å²) in [6.45, 7) is -0.480. The molecule has 0 spiro atoms. The molecule has 0 amide bonds. The number of rotatable bonds is 3. The summed E-state index contributed by atoms with van der Waals surface area (Å²) in [7, 11) is 1.23. The normalized spacial score (nSPS) is 13.2. The molecule has 0 aliphatic carbocycles. The molecule has 0 aromatic carbocycles. The third kappa shape index (κ3) is 1.90. The van der Waals surface area contributed by atoms with Gasteiger partial charge in [-0.3, -0.25) is 0 Å². The first kappa shape index (κ1) is 7.39. The Balaban J connectivity index is 3.52. The number of hydrogen-bond acceptors (Lipinski definition) is 3. The topological polar surface area (TPSA) is 66.8 Å². The van der Waals surface area contributed by atoms with E-state index in [0.29, 0.717) is 0 Å². The summed E-state index contributed by atoms with van der Waals surface area (Å²) in [6.07, 6.45) is -1.07. The van der Waals surface area contributed by atoms with Crippen molar-refractivity contribution in [3.05, 3.63) is 0 Å². The van der Waals surface area contributed by atoms with Gasteiger partial charge in [0.25, 0.3) is 0 Å². The first-order valence-electron chi connectivity index (χ1n) is 2.08. The molecule has 0 saturated heterocycles. The lowest BCUT2D eigenvalue weighted by atomic mass is 10.4. The summed E-state index contributed by atoms with van der Waals surface area (Å²) >= 11 is 0. The number of hydrogen-bond donors (Lipinski definition) is 2. The van der Waals surface area contributed by atoms with Crippen molar-refractivity contribution in [2.75, 3.05) is 13.7 Å². The second-order valence-corrected chi connectivity index (χ2v) is 1.25. The van der Waals surface area contributed by atoms with Gasteiger partial charge in [0.1, 0.15) is 0 Å². The average Bonchev–Trinajstić information content (AvgIpc) is 1.69. The van der Waals surface area contributed by atoms with E-state index in [0.717, 1.165) is 0 Å². The largest absolute Gasteiger partial charge is 0.479 e. The highest BCUT2D eigenvalue weighted by atomic mass is 16.5. The maximum absolute atomic E-state index is 9.88. The van der Waals surface area contributed by atoms with Gasteiger partial charge in [0.15, 0.2) is 6.10 Å². The van der Waals surface area contributed by atoms with Gasteiger partial charge in [0.2, 0.25) is 0 Å². The molecule has 0 fully saturated rings. The van der Waals surface area contributed by atoms with E-state index in [1.54, 1.807) is 0 Å². The Hall–Kier alpha value is -0.610. The van der Waals surface area contributed by atoms with Crippen molar-refractivity contribution in [1.29, 1.82) is 0 Å². The number of carboxylic acid groups (broad SMARTS) is 1. The highest BCUT2D eigenvalue weighted by Gasteiger charge is 2.12. The van der Waals surface area contributed by atoms with Crippen molar-refractivity contribution in [2.45, 2.75) is 6.10 Å². The molecule has 0 saturated carbocycles. The minimum atomic E-state index is -1.14. The van der Waals surface area contributed by atoms with Crippen LogP contribution >= 0.6 is 0 Å². The van der Waals surface area contributed by atoms with E-state index in [9.17, 15) is 4.79 Å². The van der Waals surface area contributed by atoms with Crippen LogP contribution in [0.2, 0.25) is 0 Å². The monoisotopic (exact) mass is 120 g/mol. The molecule has 1 atom stereocenters. The predicted molar refractivity (Wildman–Crippen MR) is 25.5 cm³/mol. The second-order valence-electron chi connectivity index (χ2n) is 1.25. The number of carbonyl (C=O) groups is 1. The number of aliphatic carboxylic acids is 1. The van der Waals surface area contributed by atoms with E-state index in [4.69, 9.17) is 10.2 Å². The Bertz CT molecular complexity index is 76.1. The third-order valence-corrected chi connectivity index (χ3v) is 0.726. The van der Waals surface area contributed by atoms with Crippen molar-refractivity contribution in [3.63, 3.8) is 0 Å². The van der Waals surface area contributed by atoms with Gasteiger partial charge in [0, 0.05) is 7.11 Å². The minimum absolute atomic E-state index is 0.480. The molecule has 48 valence electrons. The SMILES string of the molecule is COC(CO)C(=O)O. The van der Waals surface area contributed by atoms with Crippen molar-refractivity contribution >= 4 is 5.97 Å². The zero-order valence-corrected chi connectivity index (χ0v) is 4.50. The number of aliphatic hydroxyl groups excluding tert-OH is 1. The van der Waals surface area contributed by atoms with Gasteiger partial charge in [-0.1, -0.05) is 0 Å². The van der Waals surface area contributed by atoms with Crippen molar-refractivity contribution < 1.29 is 19.7 Å². The predicted octanol–water partition coefficient (Wildman–Crippen LogP) is -0.922. The standard InChI is InChI=1S/C4H8O4/c1-8-3(2-5)4(6)7/h3,5H,2H2,1H3,(H,6,7). The van der Waals surface area contributed by atoms with Crippen molar-refractivity contribution in [2.24, 2.45) is 0 Å². The van der Waals surface area contributed by atoms with Crippen LogP contribution in [-0.2, 0) is 9.53 Å². The fourth-order valence-electron chi connectivity index (χ4n) is 0.253. The molecule has 4 nitrogen and oxygen atoms in total. The summed E-state index contributed by atoms with van der Waals surface area (Å²) in [4.78, 5) is 9.88. The first-order valence-corrected chi connectivity index (χ1v) is 2.08. The van der Waals surface area contributed by atoms with E-state index in [1.165, 1.54) is 7.11 Å². The summed E-state index contributed by atoms with van der Waals surface area (Å²) in [5.41, 5.74) is 0. The summed E-state index contributed by atoms with van der Waals surface area (Å²) < 4.78 is 4.31. The molecule has 0 radical (unpaired) electrons. The Morgan fingerprint density at radius 1 is 1.88 bits per heavy atom. The molecule has 0 bridgehead atoms. The third-order valence-electron chi connectivity index (χ3n) is 0.726. The molecular weight excluding hydrogens is 112 g/mol. The van der Waals surface area contributed by atoms with E-state index < -0.39 is 18.7 Å². The maximum atomic E-state index is 9.88. The number of carboxylic acids is 1. The van der Waals surface area contributed by atoms with E-state index in [1.807, 2.05) is 0 Å². The van der Waals surface area contributed by atoms with Crippen LogP contribution in [0.4, 0.5) is 0 Å². The van der Waals surface area contributed by atoms with Crippen LogP contribution in [0.15, 0.2) is 0 Å². The maximum Gasteiger partial charge on any atom is 0.335 e. The molecule has 0 aliphatic heterocycles. The average molecular weight is 120 g/mol. The first-order chi connectivity index (χ1) is 3.72. The Morgan fingerprint density at radius 3 is 2.38 bits per heavy atom. The van der Waals surface area contributed by atoms with Gasteiger partial charge < -0.3 is 14.9 Å². The van der Waals surface area contributed by atoms with Crippen LogP contribution in [0.25, 0.3) is 0 Å². The molecule has 0 rings (SSSR count). The fourth-order valence-corrected chi connectivity index (χ4v) is 0.253. The molecular formula is C4H8O4. The summed E-state index contributed by atoms with van der Waals surface area (Å²) in [5.74, 6) is -1.14. The van der Waals surface area contributed by atoms with Crippen molar-refractivity contribution in [3.8, 4) is 0 Å². The summed E-state index contributed by atoms with van der Waals surface area (Å²) in [6, 6.07) is 0. The van der Waals surface area contributed by atoms with Gasteiger partial charge in [-0.2, -0.15) is 0 Å². The number of ether oxygens (including phenoxy) is 1. The van der Waals surface area contributed by atoms with Crippen LogP contribution in [0.5, 0.6) is 0 Å². The van der Waals surface area contributed by atoms with Crippen LogP contribution in [0.1, 0.15) is 0 Å². The van der Waals surface area contributed by atoms with Crippen LogP contribution in [-0.4, -0.2) is 36.0 Å². The van der Waals surface area contributed by atoms with Gasteiger partial charge in [0.05, 0.1) is 6.61 Å². The van der Waals surface area contributed by atoms with Crippen LogP contribution < -0.4 is 0 Å². The molecule has 8 heavy (non-hydrogen) atoms. The number of methoxy groups -OCH3 is 1. The van der Waals surface area contributed by atoms with Crippen LogP contribution in [0, 0.1) is 0 Å². The van der Waals surface area contributed by atoms with Gasteiger partial charge in [-0.25, -0.2) is 4.79 Å². The Labute approximate surface area is 46.7 Å². The minimum Gasteiger partial charge on any atom is -0.479 e. The van der Waals surface area contributed by atoms with Crippen LogP contribution in [0.3, 0.4) is 0 Å². The zero-order valence-electron chi connectivity index (χ0n) is 4.50. The smallest absolute Gasteiger partial charge is 0.335 e. The lowest BCUT2D eigenvalue weighted by molar-refractivity contribution is -0.150. The lowest BCUT2D eigenvalue weighted by Crippen LogP contribution is -2.25. The molecule has 0 heterocycles. The molecule has 0 aliphatic rings.